The second-order valence-corrected chi connectivity index (χ2v) is 5.18. The highest BCUT2D eigenvalue weighted by Gasteiger charge is 2.24. The molecule has 1 amide bonds. The SMILES string of the molecule is CCOC(=O)C#CC[C@H](NC(=O)OC(C)(C)C)C(=O)OCC. The van der Waals surface area contributed by atoms with Gasteiger partial charge in [0.05, 0.1) is 13.2 Å². The lowest BCUT2D eigenvalue weighted by molar-refractivity contribution is -0.145. The summed E-state index contributed by atoms with van der Waals surface area (Å²) < 4.78 is 14.5. The summed E-state index contributed by atoms with van der Waals surface area (Å²) in [5.41, 5.74) is -0.695. The molecular formula is C15H23NO6. The molecule has 0 fully saturated rings. The van der Waals surface area contributed by atoms with Crippen molar-refractivity contribution in [3.05, 3.63) is 0 Å². The molecule has 0 saturated heterocycles. The third-order valence-electron chi connectivity index (χ3n) is 2.03. The Morgan fingerprint density at radius 3 is 2.18 bits per heavy atom. The molecule has 0 aliphatic heterocycles. The zero-order valence-corrected chi connectivity index (χ0v) is 13.6. The summed E-state index contributed by atoms with van der Waals surface area (Å²) in [4.78, 5) is 34.6. The number of ether oxygens (including phenoxy) is 3. The molecule has 7 heteroatoms. The normalized spacial score (nSPS) is 11.5. The number of amides is 1. The molecule has 0 spiro atoms. The minimum atomic E-state index is -1.02. The summed E-state index contributed by atoms with van der Waals surface area (Å²) >= 11 is 0. The topological polar surface area (TPSA) is 90.9 Å². The van der Waals surface area contributed by atoms with E-state index in [4.69, 9.17) is 9.47 Å². The molecule has 1 N–H and O–H groups in total. The van der Waals surface area contributed by atoms with E-state index in [9.17, 15) is 14.4 Å². The lowest BCUT2D eigenvalue weighted by atomic mass is 10.2. The van der Waals surface area contributed by atoms with Gasteiger partial charge < -0.3 is 19.5 Å². The number of hydrogen-bond acceptors (Lipinski definition) is 6. The molecular weight excluding hydrogens is 290 g/mol. The number of esters is 2. The third-order valence-corrected chi connectivity index (χ3v) is 2.03. The van der Waals surface area contributed by atoms with E-state index in [1.165, 1.54) is 0 Å². The van der Waals surface area contributed by atoms with E-state index < -0.39 is 29.7 Å². The van der Waals surface area contributed by atoms with Crippen molar-refractivity contribution in [1.29, 1.82) is 0 Å². The van der Waals surface area contributed by atoms with Gasteiger partial charge in [-0.15, -0.1) is 0 Å². The second kappa shape index (κ2) is 9.66. The monoisotopic (exact) mass is 313 g/mol. The summed E-state index contributed by atoms with van der Waals surface area (Å²) in [6.07, 6.45) is -0.847. The smallest absolute Gasteiger partial charge is 0.408 e. The van der Waals surface area contributed by atoms with Crippen LogP contribution in [-0.2, 0) is 23.8 Å². The molecule has 0 saturated carbocycles. The van der Waals surface area contributed by atoms with Crippen molar-refractivity contribution in [1.82, 2.24) is 5.32 Å². The maximum atomic E-state index is 11.8. The maximum absolute atomic E-state index is 11.8. The van der Waals surface area contributed by atoms with E-state index in [0.717, 1.165) is 0 Å². The highest BCUT2D eigenvalue weighted by molar-refractivity contribution is 5.88. The van der Waals surface area contributed by atoms with Crippen molar-refractivity contribution >= 4 is 18.0 Å². The van der Waals surface area contributed by atoms with Crippen LogP contribution in [0.15, 0.2) is 0 Å². The summed E-state index contributed by atoms with van der Waals surface area (Å²) in [6, 6.07) is -1.02. The van der Waals surface area contributed by atoms with Crippen molar-refractivity contribution in [3.63, 3.8) is 0 Å². The Kier molecular flexibility index (Phi) is 8.68. The van der Waals surface area contributed by atoms with Gasteiger partial charge in [-0.1, -0.05) is 5.92 Å². The maximum Gasteiger partial charge on any atom is 0.408 e. The van der Waals surface area contributed by atoms with Gasteiger partial charge in [0, 0.05) is 12.3 Å². The van der Waals surface area contributed by atoms with Crippen molar-refractivity contribution in [3.8, 4) is 11.8 Å². The Bertz CT molecular complexity index is 455. The molecule has 1 atom stereocenters. The second-order valence-electron chi connectivity index (χ2n) is 5.18. The van der Waals surface area contributed by atoms with E-state index in [2.05, 4.69) is 21.9 Å². The Morgan fingerprint density at radius 2 is 1.68 bits per heavy atom. The number of alkyl carbamates (subject to hydrolysis) is 1. The third kappa shape index (κ3) is 9.64. The molecule has 0 bridgehead atoms. The molecule has 0 heterocycles. The van der Waals surface area contributed by atoms with Crippen molar-refractivity contribution in [2.24, 2.45) is 0 Å². The minimum Gasteiger partial charge on any atom is -0.464 e. The van der Waals surface area contributed by atoms with Gasteiger partial charge in [0.25, 0.3) is 0 Å². The van der Waals surface area contributed by atoms with Gasteiger partial charge in [0.2, 0.25) is 0 Å². The lowest BCUT2D eigenvalue weighted by Crippen LogP contribution is -2.44. The van der Waals surface area contributed by atoms with E-state index >= 15 is 0 Å². The van der Waals surface area contributed by atoms with E-state index in [1.807, 2.05) is 0 Å². The molecule has 0 aromatic heterocycles. The van der Waals surface area contributed by atoms with Crippen LogP contribution in [-0.4, -0.2) is 42.9 Å². The number of carbonyl (C=O) groups is 3. The molecule has 0 unspecified atom stereocenters. The van der Waals surface area contributed by atoms with Crippen LogP contribution in [0.25, 0.3) is 0 Å². The highest BCUT2D eigenvalue weighted by atomic mass is 16.6. The van der Waals surface area contributed by atoms with Crippen molar-refractivity contribution in [2.75, 3.05) is 13.2 Å². The van der Waals surface area contributed by atoms with Gasteiger partial charge in [-0.3, -0.25) is 0 Å². The summed E-state index contributed by atoms with van der Waals surface area (Å²) in [5.74, 6) is 3.36. The van der Waals surface area contributed by atoms with Crippen LogP contribution in [0.5, 0.6) is 0 Å². The van der Waals surface area contributed by atoms with Gasteiger partial charge in [0.1, 0.15) is 11.6 Å². The quantitative estimate of drug-likeness (QED) is 0.357. The summed E-state index contributed by atoms with van der Waals surface area (Å²) in [6.45, 7) is 8.78. The summed E-state index contributed by atoms with van der Waals surface area (Å²) in [7, 11) is 0. The molecule has 0 aliphatic rings. The Hall–Kier alpha value is -2.23. The predicted octanol–water partition coefficient (Wildman–Crippen LogP) is 1.40. The predicted molar refractivity (Wildman–Crippen MR) is 78.8 cm³/mol. The van der Waals surface area contributed by atoms with Crippen LogP contribution in [0, 0.1) is 11.8 Å². The number of rotatable bonds is 5. The largest absolute Gasteiger partial charge is 0.464 e. The average molecular weight is 313 g/mol. The Balaban J connectivity index is 4.73. The van der Waals surface area contributed by atoms with Gasteiger partial charge in [0.15, 0.2) is 0 Å². The molecule has 124 valence electrons. The first-order chi connectivity index (χ1) is 10.2. The number of hydrogen-bond donors (Lipinski definition) is 1. The fourth-order valence-corrected chi connectivity index (χ4v) is 1.28. The van der Waals surface area contributed by atoms with Crippen LogP contribution >= 0.6 is 0 Å². The van der Waals surface area contributed by atoms with Gasteiger partial charge in [-0.25, -0.2) is 14.4 Å². The fourth-order valence-electron chi connectivity index (χ4n) is 1.28. The molecule has 0 aliphatic carbocycles. The van der Waals surface area contributed by atoms with Crippen LogP contribution in [0.1, 0.15) is 41.0 Å². The first kappa shape index (κ1) is 19.8. The van der Waals surface area contributed by atoms with Gasteiger partial charge in [-0.2, -0.15) is 0 Å². The standard InChI is InChI=1S/C15H23NO6/c1-6-20-12(17)10-8-9-11(13(18)21-7-2)16-14(19)22-15(3,4)5/h11H,6-7,9H2,1-5H3,(H,16,19)/t11-/m0/s1. The highest BCUT2D eigenvalue weighted by Crippen LogP contribution is 2.07. The van der Waals surface area contributed by atoms with Crippen LogP contribution < -0.4 is 5.32 Å². The number of carbonyl (C=O) groups excluding carboxylic acids is 3. The molecule has 7 nitrogen and oxygen atoms in total. The average Bonchev–Trinajstić information content (AvgIpc) is 2.36. The first-order valence-corrected chi connectivity index (χ1v) is 7.01. The molecule has 0 radical (unpaired) electrons. The molecule has 22 heavy (non-hydrogen) atoms. The molecule has 0 aromatic rings. The minimum absolute atomic E-state index is 0.0864. The zero-order chi connectivity index (χ0) is 17.2. The Morgan fingerprint density at radius 1 is 1.09 bits per heavy atom. The molecule has 0 aromatic carbocycles. The zero-order valence-electron chi connectivity index (χ0n) is 13.6. The van der Waals surface area contributed by atoms with Gasteiger partial charge >= 0.3 is 18.0 Å². The molecule has 0 rings (SSSR count). The van der Waals surface area contributed by atoms with Crippen LogP contribution in [0.2, 0.25) is 0 Å². The van der Waals surface area contributed by atoms with Gasteiger partial charge in [-0.05, 0) is 34.6 Å². The van der Waals surface area contributed by atoms with Crippen LogP contribution in [0.4, 0.5) is 4.79 Å². The van der Waals surface area contributed by atoms with Crippen LogP contribution in [0.3, 0.4) is 0 Å². The summed E-state index contributed by atoms with van der Waals surface area (Å²) in [5, 5.41) is 2.37. The Labute approximate surface area is 130 Å². The van der Waals surface area contributed by atoms with Crippen molar-refractivity contribution in [2.45, 2.75) is 52.7 Å². The fraction of sp³-hybridized carbons (Fsp3) is 0.667. The lowest BCUT2D eigenvalue weighted by Gasteiger charge is -2.22. The van der Waals surface area contributed by atoms with E-state index in [1.54, 1.807) is 34.6 Å². The van der Waals surface area contributed by atoms with Crippen molar-refractivity contribution < 1.29 is 28.6 Å². The van der Waals surface area contributed by atoms with E-state index in [0.29, 0.717) is 0 Å². The van der Waals surface area contributed by atoms with E-state index in [-0.39, 0.29) is 19.6 Å². The number of nitrogens with one attached hydrogen (secondary N) is 1. The first-order valence-electron chi connectivity index (χ1n) is 7.01.